The monoisotopic (exact) mass is 290 g/mol. The van der Waals surface area contributed by atoms with Gasteiger partial charge in [-0.2, -0.15) is 0 Å². The molecule has 0 aliphatic carbocycles. The highest BCUT2D eigenvalue weighted by molar-refractivity contribution is 5.98. The molecule has 0 bridgehead atoms. The third-order valence-electron chi connectivity index (χ3n) is 2.76. The van der Waals surface area contributed by atoms with E-state index in [0.29, 0.717) is 13.0 Å². The average Bonchev–Trinajstić information content (AvgIpc) is 2.47. The van der Waals surface area contributed by atoms with Crippen molar-refractivity contribution in [3.63, 3.8) is 0 Å². The Morgan fingerprint density at radius 2 is 2.24 bits per heavy atom. The molecule has 0 saturated heterocycles. The fourth-order valence-electron chi connectivity index (χ4n) is 1.79. The first kappa shape index (κ1) is 16.5. The summed E-state index contributed by atoms with van der Waals surface area (Å²) in [4.78, 5) is 22.5. The molecule has 0 saturated carbocycles. The van der Waals surface area contributed by atoms with Gasteiger partial charge in [-0.05, 0) is 25.8 Å². The molecule has 6 nitrogen and oxygen atoms in total. The lowest BCUT2D eigenvalue weighted by Crippen LogP contribution is -2.25. The van der Waals surface area contributed by atoms with Crippen LogP contribution in [0.5, 0.6) is 5.75 Å². The van der Waals surface area contributed by atoms with Crippen molar-refractivity contribution >= 4 is 11.6 Å². The highest BCUT2D eigenvalue weighted by atomic mass is 16.6. The average molecular weight is 290 g/mol. The smallest absolute Gasteiger partial charge is 0.311 e. The van der Waals surface area contributed by atoms with Gasteiger partial charge in [-0.1, -0.05) is 6.07 Å². The standard InChI is InChI=1S/C15H18N2O4/c1-3-5-6-7-11-16-15(18)12-9-8-10-13(17(19)20)14(12)21-4-2/h1,8-10H,4-7,11H2,2H3,(H,16,18). The number of unbranched alkanes of at least 4 members (excludes halogenated alkanes) is 2. The Hall–Kier alpha value is -2.55. The van der Waals surface area contributed by atoms with E-state index in [1.54, 1.807) is 6.92 Å². The number of ether oxygens (including phenoxy) is 1. The highest BCUT2D eigenvalue weighted by Crippen LogP contribution is 2.30. The van der Waals surface area contributed by atoms with Crippen LogP contribution in [0.1, 0.15) is 36.5 Å². The quantitative estimate of drug-likeness (QED) is 0.345. The molecule has 0 unspecified atom stereocenters. The van der Waals surface area contributed by atoms with Crippen molar-refractivity contribution in [2.75, 3.05) is 13.2 Å². The predicted octanol–water partition coefficient (Wildman–Crippen LogP) is 2.53. The van der Waals surface area contributed by atoms with Crippen LogP contribution >= 0.6 is 0 Å². The summed E-state index contributed by atoms with van der Waals surface area (Å²) < 4.78 is 5.27. The van der Waals surface area contributed by atoms with E-state index in [1.807, 2.05) is 0 Å². The van der Waals surface area contributed by atoms with Crippen LogP contribution < -0.4 is 10.1 Å². The van der Waals surface area contributed by atoms with Crippen LogP contribution in [-0.4, -0.2) is 24.0 Å². The van der Waals surface area contributed by atoms with Crippen LogP contribution in [-0.2, 0) is 0 Å². The summed E-state index contributed by atoms with van der Waals surface area (Å²) in [5.74, 6) is 2.15. The second kappa shape index (κ2) is 8.59. The van der Waals surface area contributed by atoms with E-state index in [2.05, 4.69) is 11.2 Å². The van der Waals surface area contributed by atoms with Crippen LogP contribution in [0.25, 0.3) is 0 Å². The Balaban J connectivity index is 2.81. The topological polar surface area (TPSA) is 81.5 Å². The summed E-state index contributed by atoms with van der Waals surface area (Å²) in [6.45, 7) is 2.42. The lowest BCUT2D eigenvalue weighted by Gasteiger charge is -2.10. The van der Waals surface area contributed by atoms with E-state index in [-0.39, 0.29) is 29.5 Å². The maximum Gasteiger partial charge on any atom is 0.311 e. The van der Waals surface area contributed by atoms with Crippen LogP contribution in [0.3, 0.4) is 0 Å². The number of nitrogens with zero attached hydrogens (tertiary/aromatic N) is 1. The second-order valence-electron chi connectivity index (χ2n) is 4.26. The second-order valence-corrected chi connectivity index (χ2v) is 4.26. The Morgan fingerprint density at radius 1 is 1.48 bits per heavy atom. The zero-order valence-electron chi connectivity index (χ0n) is 11.9. The van der Waals surface area contributed by atoms with Gasteiger partial charge in [0.15, 0.2) is 0 Å². The molecule has 1 amide bonds. The molecule has 0 heterocycles. The number of nitro benzene ring substituents is 1. The number of rotatable bonds is 8. The van der Waals surface area contributed by atoms with E-state index in [4.69, 9.17) is 11.2 Å². The van der Waals surface area contributed by atoms with Gasteiger partial charge >= 0.3 is 5.69 Å². The lowest BCUT2D eigenvalue weighted by molar-refractivity contribution is -0.385. The first-order valence-electron chi connectivity index (χ1n) is 6.73. The molecule has 112 valence electrons. The first-order chi connectivity index (χ1) is 10.1. The number of carbonyl (C=O) groups excluding carboxylic acids is 1. The molecule has 0 aliphatic rings. The summed E-state index contributed by atoms with van der Waals surface area (Å²) >= 11 is 0. The number of carbonyl (C=O) groups is 1. The summed E-state index contributed by atoms with van der Waals surface area (Å²) in [7, 11) is 0. The van der Waals surface area contributed by atoms with Gasteiger partial charge in [0.25, 0.3) is 5.91 Å². The molecule has 6 heteroatoms. The van der Waals surface area contributed by atoms with Gasteiger partial charge < -0.3 is 10.1 Å². The zero-order chi connectivity index (χ0) is 15.7. The number of para-hydroxylation sites is 1. The van der Waals surface area contributed by atoms with Gasteiger partial charge in [-0.25, -0.2) is 0 Å². The maximum atomic E-state index is 12.1. The van der Waals surface area contributed by atoms with Gasteiger partial charge in [-0.3, -0.25) is 14.9 Å². The SMILES string of the molecule is C#CCCCCNC(=O)c1cccc([N+](=O)[O-])c1OCC. The molecule has 0 fully saturated rings. The van der Waals surface area contributed by atoms with Crippen molar-refractivity contribution in [3.05, 3.63) is 33.9 Å². The van der Waals surface area contributed by atoms with Crippen molar-refractivity contribution in [3.8, 4) is 18.1 Å². The Morgan fingerprint density at radius 3 is 2.86 bits per heavy atom. The molecule has 1 aromatic rings. The van der Waals surface area contributed by atoms with Crippen molar-refractivity contribution in [2.24, 2.45) is 0 Å². The van der Waals surface area contributed by atoms with Crippen molar-refractivity contribution in [1.29, 1.82) is 0 Å². The maximum absolute atomic E-state index is 12.1. The minimum absolute atomic E-state index is 0.00567. The van der Waals surface area contributed by atoms with Gasteiger partial charge in [-0.15, -0.1) is 12.3 Å². The first-order valence-corrected chi connectivity index (χ1v) is 6.73. The molecule has 0 spiro atoms. The number of hydrogen-bond acceptors (Lipinski definition) is 4. The Labute approximate surface area is 123 Å². The molecule has 1 N–H and O–H groups in total. The number of terminal acetylenes is 1. The lowest BCUT2D eigenvalue weighted by atomic mass is 10.1. The molecular formula is C15H18N2O4. The fraction of sp³-hybridized carbons (Fsp3) is 0.400. The van der Waals surface area contributed by atoms with E-state index in [0.717, 1.165) is 12.8 Å². The van der Waals surface area contributed by atoms with Crippen molar-refractivity contribution in [2.45, 2.75) is 26.2 Å². The molecule has 21 heavy (non-hydrogen) atoms. The number of nitrogens with one attached hydrogen (secondary N) is 1. The van der Waals surface area contributed by atoms with E-state index in [9.17, 15) is 14.9 Å². The fourth-order valence-corrected chi connectivity index (χ4v) is 1.79. The summed E-state index contributed by atoms with van der Waals surface area (Å²) in [5.41, 5.74) is -0.0418. The Kier molecular flexibility index (Phi) is 6.75. The van der Waals surface area contributed by atoms with E-state index in [1.165, 1.54) is 18.2 Å². The molecule has 0 atom stereocenters. The minimum atomic E-state index is -0.561. The largest absolute Gasteiger partial charge is 0.487 e. The third-order valence-corrected chi connectivity index (χ3v) is 2.76. The Bertz CT molecular complexity index is 549. The number of amides is 1. The van der Waals surface area contributed by atoms with Crippen LogP contribution in [0.2, 0.25) is 0 Å². The summed E-state index contributed by atoms with van der Waals surface area (Å²) in [5, 5.41) is 13.7. The predicted molar refractivity (Wildman–Crippen MR) is 79.3 cm³/mol. The molecule has 0 radical (unpaired) electrons. The van der Waals surface area contributed by atoms with Gasteiger partial charge in [0.2, 0.25) is 5.75 Å². The highest BCUT2D eigenvalue weighted by Gasteiger charge is 2.22. The number of nitro groups is 1. The minimum Gasteiger partial charge on any atom is -0.487 e. The number of hydrogen-bond donors (Lipinski definition) is 1. The van der Waals surface area contributed by atoms with E-state index < -0.39 is 4.92 Å². The molecule has 0 aromatic heterocycles. The molecule has 1 aromatic carbocycles. The van der Waals surface area contributed by atoms with Crippen LogP contribution in [0, 0.1) is 22.5 Å². The van der Waals surface area contributed by atoms with Gasteiger partial charge in [0, 0.05) is 19.0 Å². The molecule has 1 rings (SSSR count). The number of benzene rings is 1. The molecule has 0 aliphatic heterocycles. The van der Waals surface area contributed by atoms with E-state index >= 15 is 0 Å². The normalized spacial score (nSPS) is 9.71. The van der Waals surface area contributed by atoms with Crippen LogP contribution in [0.15, 0.2) is 18.2 Å². The summed E-state index contributed by atoms with van der Waals surface area (Å²) in [6, 6.07) is 4.29. The van der Waals surface area contributed by atoms with Gasteiger partial charge in [0.05, 0.1) is 17.1 Å². The zero-order valence-corrected chi connectivity index (χ0v) is 11.9. The van der Waals surface area contributed by atoms with Crippen molar-refractivity contribution in [1.82, 2.24) is 5.32 Å². The third kappa shape index (κ3) is 4.80. The van der Waals surface area contributed by atoms with Crippen molar-refractivity contribution < 1.29 is 14.5 Å². The summed E-state index contributed by atoms with van der Waals surface area (Å²) in [6.07, 6.45) is 7.39. The van der Waals surface area contributed by atoms with Gasteiger partial charge in [0.1, 0.15) is 0 Å². The molecular weight excluding hydrogens is 272 g/mol. The van der Waals surface area contributed by atoms with Crippen LogP contribution in [0.4, 0.5) is 5.69 Å².